The van der Waals surface area contributed by atoms with E-state index >= 15 is 0 Å². The third-order valence-corrected chi connectivity index (χ3v) is 7.54. The maximum Gasteiger partial charge on any atom is 0.238 e. The molecule has 0 saturated heterocycles. The summed E-state index contributed by atoms with van der Waals surface area (Å²) in [5, 5.41) is 14.1. The molecule has 2 atom stereocenters. The van der Waals surface area contributed by atoms with Crippen LogP contribution >= 0.6 is 11.3 Å². The third kappa shape index (κ3) is 6.44. The zero-order chi connectivity index (χ0) is 24.8. The predicted octanol–water partition coefficient (Wildman–Crippen LogP) is 3.33. The minimum Gasteiger partial charge on any atom is -0.593 e. The van der Waals surface area contributed by atoms with Crippen molar-refractivity contribution < 1.29 is 9.35 Å². The number of benzene rings is 3. The van der Waals surface area contributed by atoms with Gasteiger partial charge >= 0.3 is 0 Å². The number of hydrogen-bond acceptors (Lipinski definition) is 7. The molecular weight excluding hydrogens is 480 g/mol. The summed E-state index contributed by atoms with van der Waals surface area (Å²) in [7, 11) is 1.70. The molecular formula is C25H26N6O2S2. The minimum atomic E-state index is -1.57. The maximum atomic E-state index is 13.4. The van der Waals surface area contributed by atoms with Crippen molar-refractivity contribution in [3.8, 4) is 0 Å². The summed E-state index contributed by atoms with van der Waals surface area (Å²) in [6.07, 6.45) is 0.505. The Labute approximate surface area is 210 Å². The molecule has 6 N–H and O–H groups in total. The van der Waals surface area contributed by atoms with Crippen molar-refractivity contribution in [2.45, 2.75) is 17.4 Å². The van der Waals surface area contributed by atoms with Gasteiger partial charge in [-0.3, -0.25) is 10.2 Å². The second-order valence-corrected chi connectivity index (χ2v) is 10.2. The van der Waals surface area contributed by atoms with E-state index in [0.717, 1.165) is 20.8 Å². The van der Waals surface area contributed by atoms with Crippen molar-refractivity contribution in [2.75, 3.05) is 18.9 Å². The van der Waals surface area contributed by atoms with E-state index in [1.165, 1.54) is 0 Å². The minimum absolute atomic E-state index is 0.00272. The predicted molar refractivity (Wildman–Crippen MR) is 142 cm³/mol. The smallest absolute Gasteiger partial charge is 0.238 e. The van der Waals surface area contributed by atoms with Gasteiger partial charge in [-0.1, -0.05) is 36.4 Å². The van der Waals surface area contributed by atoms with Gasteiger partial charge in [0.25, 0.3) is 0 Å². The van der Waals surface area contributed by atoms with E-state index in [2.05, 4.69) is 15.4 Å². The van der Waals surface area contributed by atoms with Crippen molar-refractivity contribution in [1.82, 2.24) is 15.0 Å². The molecule has 0 aliphatic rings. The number of rotatable bonds is 10. The van der Waals surface area contributed by atoms with Crippen molar-refractivity contribution in [3.63, 3.8) is 0 Å². The average molecular weight is 507 g/mol. The van der Waals surface area contributed by atoms with Crippen LogP contribution in [0.25, 0.3) is 10.2 Å². The summed E-state index contributed by atoms with van der Waals surface area (Å²) in [5.74, 6) is -0.182. The van der Waals surface area contributed by atoms with Gasteiger partial charge in [0.1, 0.15) is 16.9 Å². The van der Waals surface area contributed by atoms with E-state index in [-0.39, 0.29) is 24.3 Å². The fourth-order valence-electron chi connectivity index (χ4n) is 3.57. The number of amides is 1. The number of carbonyl (C=O) groups excluding carboxylic acids is 1. The van der Waals surface area contributed by atoms with Crippen LogP contribution in [0.3, 0.4) is 0 Å². The highest BCUT2D eigenvalue weighted by molar-refractivity contribution is 7.89. The lowest BCUT2D eigenvalue weighted by atomic mass is 10.0. The first kappa shape index (κ1) is 24.8. The Hall–Kier alpha value is -3.28. The highest BCUT2D eigenvalue weighted by atomic mass is 32.2. The normalized spacial score (nSPS) is 12.9. The number of nitrogens with two attached hydrogens (primary N) is 1. The zero-order valence-electron chi connectivity index (χ0n) is 19.1. The quantitative estimate of drug-likeness (QED) is 0.127. The Morgan fingerprint density at radius 2 is 1.94 bits per heavy atom. The molecule has 0 aliphatic heterocycles. The molecule has 180 valence electrons. The van der Waals surface area contributed by atoms with Crippen LogP contribution in [0.1, 0.15) is 22.2 Å². The van der Waals surface area contributed by atoms with Gasteiger partial charge in [0.2, 0.25) is 5.91 Å². The number of hydrogen-bond donors (Lipinski definition) is 5. The van der Waals surface area contributed by atoms with E-state index in [1.54, 1.807) is 48.7 Å². The van der Waals surface area contributed by atoms with Crippen LogP contribution in [0, 0.1) is 5.41 Å². The van der Waals surface area contributed by atoms with E-state index in [9.17, 15) is 9.35 Å². The molecule has 1 heterocycles. The van der Waals surface area contributed by atoms with Crippen LogP contribution in [0.4, 0.5) is 5.69 Å². The number of nitrogen functional groups attached to an aromatic ring is 1. The molecule has 3 aromatic carbocycles. The molecule has 0 saturated carbocycles. The van der Waals surface area contributed by atoms with Gasteiger partial charge in [-0.15, -0.1) is 16.1 Å². The molecule has 0 bridgehead atoms. The summed E-state index contributed by atoms with van der Waals surface area (Å²) in [5.41, 5.74) is 8.71. The molecule has 10 heteroatoms. The van der Waals surface area contributed by atoms with Gasteiger partial charge in [-0.05, 0) is 49.4 Å². The summed E-state index contributed by atoms with van der Waals surface area (Å²) in [6, 6.07) is 22.0. The van der Waals surface area contributed by atoms with Crippen molar-refractivity contribution in [1.29, 1.82) is 5.41 Å². The lowest BCUT2D eigenvalue weighted by Crippen LogP contribution is -2.30. The van der Waals surface area contributed by atoms with Gasteiger partial charge in [0.15, 0.2) is 4.90 Å². The Morgan fingerprint density at radius 1 is 1.14 bits per heavy atom. The Balaban J connectivity index is 1.60. The highest BCUT2D eigenvalue weighted by Gasteiger charge is 2.24. The van der Waals surface area contributed by atoms with Crippen LogP contribution in [0.15, 0.2) is 77.7 Å². The summed E-state index contributed by atoms with van der Waals surface area (Å²) in [4.78, 5) is 17.2. The fraction of sp³-hybridized carbons (Fsp3) is 0.160. The summed E-state index contributed by atoms with van der Waals surface area (Å²) in [6.45, 7) is 0.185. The van der Waals surface area contributed by atoms with E-state index in [0.29, 0.717) is 22.6 Å². The lowest BCUT2D eigenvalue weighted by molar-refractivity contribution is -0.115. The van der Waals surface area contributed by atoms with Crippen molar-refractivity contribution in [3.05, 3.63) is 88.9 Å². The van der Waals surface area contributed by atoms with Crippen LogP contribution in [-0.4, -0.2) is 34.9 Å². The standard InChI is InChI=1S/C25H26N6O2S2/c1-28-15-23(32)29-18-8-5-9-19(14-18)35(33)31-21(13-16-6-4-7-17(12-16)24(26)27)25-30-20-10-2-3-11-22(20)34-25/h2-12,14,21,28,31H,13,15H2,1H3,(H3,26,27)(H,29,32). The number of likely N-dealkylation sites (N-methyl/N-ethyl adjacent to an activating group) is 1. The number of para-hydroxylation sites is 1. The molecule has 35 heavy (non-hydrogen) atoms. The number of nitrogens with zero attached hydrogens (tertiary/aromatic N) is 1. The van der Waals surface area contributed by atoms with E-state index in [1.807, 2.05) is 42.5 Å². The first-order chi connectivity index (χ1) is 16.9. The molecule has 4 rings (SSSR count). The molecule has 2 unspecified atom stereocenters. The molecule has 0 aliphatic carbocycles. The Bertz CT molecular complexity index is 1310. The molecule has 0 radical (unpaired) electrons. The van der Waals surface area contributed by atoms with Gasteiger partial charge < -0.3 is 20.9 Å². The van der Waals surface area contributed by atoms with Gasteiger partial charge in [0.05, 0.1) is 28.1 Å². The molecule has 4 aromatic rings. The molecule has 0 fully saturated rings. The van der Waals surface area contributed by atoms with Crippen LogP contribution in [0.5, 0.6) is 0 Å². The second-order valence-electron chi connectivity index (χ2n) is 7.88. The lowest BCUT2D eigenvalue weighted by Gasteiger charge is -2.19. The van der Waals surface area contributed by atoms with Gasteiger partial charge in [-0.25, -0.2) is 4.98 Å². The first-order valence-electron chi connectivity index (χ1n) is 10.9. The van der Waals surface area contributed by atoms with Gasteiger partial charge in [-0.2, -0.15) is 0 Å². The van der Waals surface area contributed by atoms with Crippen LogP contribution in [-0.2, 0) is 22.6 Å². The zero-order valence-corrected chi connectivity index (χ0v) is 20.7. The highest BCUT2D eigenvalue weighted by Crippen LogP contribution is 2.30. The maximum absolute atomic E-state index is 13.4. The summed E-state index contributed by atoms with van der Waals surface area (Å²) < 4.78 is 17.6. The van der Waals surface area contributed by atoms with Crippen molar-refractivity contribution in [2.24, 2.45) is 5.73 Å². The monoisotopic (exact) mass is 506 g/mol. The topological polar surface area (TPSA) is 139 Å². The van der Waals surface area contributed by atoms with Gasteiger partial charge in [0, 0.05) is 17.3 Å². The second kappa shape index (κ2) is 11.4. The van der Waals surface area contributed by atoms with E-state index < -0.39 is 11.4 Å². The number of amidine groups is 1. The number of aromatic nitrogens is 1. The number of anilines is 1. The molecule has 0 spiro atoms. The Kier molecular flexibility index (Phi) is 8.11. The number of carbonyl (C=O) groups is 1. The number of thiazole rings is 1. The molecule has 1 aromatic heterocycles. The number of fused-ring (bicyclic) bond motifs is 1. The van der Waals surface area contributed by atoms with Crippen molar-refractivity contribution >= 4 is 50.3 Å². The molecule has 8 nitrogen and oxygen atoms in total. The first-order valence-corrected chi connectivity index (χ1v) is 12.9. The fourth-order valence-corrected chi connectivity index (χ4v) is 5.69. The summed E-state index contributed by atoms with van der Waals surface area (Å²) >= 11 is -0.0191. The van der Waals surface area contributed by atoms with E-state index in [4.69, 9.17) is 16.1 Å². The molecule has 1 amide bonds. The largest absolute Gasteiger partial charge is 0.593 e. The SMILES string of the molecule is CNCC(=O)Nc1cccc([S+]([O-])NC(Cc2cccc(C(=N)N)c2)c2nc3ccccc3s2)c1. The average Bonchev–Trinajstić information content (AvgIpc) is 3.28. The van der Waals surface area contributed by atoms with Crippen LogP contribution in [0.2, 0.25) is 0 Å². The third-order valence-electron chi connectivity index (χ3n) is 5.20. The van der Waals surface area contributed by atoms with Crippen LogP contribution < -0.4 is 21.1 Å². The number of nitrogens with one attached hydrogen (secondary N) is 4. The Morgan fingerprint density at radius 3 is 2.71 bits per heavy atom.